The zero-order valence-electron chi connectivity index (χ0n) is 5.40. The molecule has 0 aliphatic heterocycles. The van der Waals surface area contributed by atoms with Crippen molar-refractivity contribution in [3.8, 4) is 0 Å². The van der Waals surface area contributed by atoms with E-state index in [1.807, 2.05) is 0 Å². The number of carboxylic acid groups (broad SMARTS) is 2. The number of hydrogen-bond acceptors (Lipinski definition) is 5. The average molecular weight is 156 g/mol. The van der Waals surface area contributed by atoms with E-state index in [1.54, 1.807) is 0 Å². The lowest BCUT2D eigenvalue weighted by molar-refractivity contribution is -0.300. The van der Waals surface area contributed by atoms with E-state index in [-0.39, 0.29) is 0 Å². The largest absolute Gasteiger partial charge is 0.545 e. The molecule has 0 unspecified atom stereocenters. The molecule has 0 spiro atoms. The average Bonchev–Trinajstić information content (AvgIpc) is 1.86. The van der Waals surface area contributed by atoms with Gasteiger partial charge in [0.05, 0.1) is 5.97 Å². The first-order valence-electron chi connectivity index (χ1n) is 2.65. The Bertz CT molecular complexity index is 215. The highest BCUT2D eigenvalue weighted by atomic mass is 16.4. The Labute approximate surface area is 61.9 Å². The summed E-state index contributed by atoms with van der Waals surface area (Å²) in [5.74, 6) is -4.47. The van der Waals surface area contributed by atoms with Crippen molar-refractivity contribution < 1.29 is 24.6 Å². The normalized spacial score (nSPS) is 9.82. The molecule has 0 aliphatic rings. The van der Waals surface area contributed by atoms with Crippen LogP contribution in [0.15, 0.2) is 12.2 Å². The zero-order chi connectivity index (χ0) is 8.85. The van der Waals surface area contributed by atoms with Crippen LogP contribution in [0.4, 0.5) is 0 Å². The summed E-state index contributed by atoms with van der Waals surface area (Å²) in [6.07, 6.45) is 0.977. The standard InChI is InChI=1S/C6H6O5/c7-4(6(10)11)2-1-3-5(8)9/h1,3H,2H2,(H,8,9)(H,10,11)/p-2/b3-1-. The lowest BCUT2D eigenvalue weighted by Gasteiger charge is -1.95. The molecule has 5 nitrogen and oxygen atoms in total. The van der Waals surface area contributed by atoms with Crippen molar-refractivity contribution in [2.45, 2.75) is 6.42 Å². The molecule has 0 heterocycles. The Balaban J connectivity index is 3.80. The molecular formula is C6H4O5-2. The van der Waals surface area contributed by atoms with Crippen molar-refractivity contribution in [3.63, 3.8) is 0 Å². The minimum absolute atomic E-state index is 0.490. The first kappa shape index (κ1) is 9.35. The van der Waals surface area contributed by atoms with Gasteiger partial charge in [0.25, 0.3) is 0 Å². The molecule has 0 bridgehead atoms. The van der Waals surface area contributed by atoms with Gasteiger partial charge >= 0.3 is 0 Å². The Morgan fingerprint density at radius 2 is 1.73 bits per heavy atom. The molecule has 0 aromatic heterocycles. The van der Waals surface area contributed by atoms with E-state index in [0.29, 0.717) is 6.08 Å². The summed E-state index contributed by atoms with van der Waals surface area (Å²) in [6, 6.07) is 0. The second-order valence-electron chi connectivity index (χ2n) is 1.64. The summed E-state index contributed by atoms with van der Waals surface area (Å²) in [7, 11) is 0. The molecule has 5 heteroatoms. The summed E-state index contributed by atoms with van der Waals surface area (Å²) in [6.45, 7) is 0. The second-order valence-corrected chi connectivity index (χ2v) is 1.64. The molecule has 0 radical (unpaired) electrons. The molecule has 0 atom stereocenters. The predicted molar refractivity (Wildman–Crippen MR) is 28.8 cm³/mol. The van der Waals surface area contributed by atoms with Gasteiger partial charge in [0.1, 0.15) is 5.97 Å². The lowest BCUT2D eigenvalue weighted by atomic mass is 10.3. The van der Waals surface area contributed by atoms with Gasteiger partial charge in [0.2, 0.25) is 0 Å². The van der Waals surface area contributed by atoms with Crippen LogP contribution in [0, 0.1) is 0 Å². The fourth-order valence-corrected chi connectivity index (χ4v) is 0.346. The van der Waals surface area contributed by atoms with Gasteiger partial charge in [-0.2, -0.15) is 0 Å². The van der Waals surface area contributed by atoms with Crippen molar-refractivity contribution in [2.75, 3.05) is 0 Å². The van der Waals surface area contributed by atoms with Gasteiger partial charge in [-0.1, -0.05) is 6.08 Å². The third-order valence-electron chi connectivity index (χ3n) is 0.785. The number of ketones is 1. The van der Waals surface area contributed by atoms with Gasteiger partial charge in [0.15, 0.2) is 5.78 Å². The van der Waals surface area contributed by atoms with Crippen LogP contribution in [0.3, 0.4) is 0 Å². The highest BCUT2D eigenvalue weighted by Gasteiger charge is 1.96. The quantitative estimate of drug-likeness (QED) is 0.319. The van der Waals surface area contributed by atoms with E-state index in [0.717, 1.165) is 6.08 Å². The summed E-state index contributed by atoms with van der Waals surface area (Å²) >= 11 is 0. The maximum Gasteiger partial charge on any atom is 0.182 e. The number of allylic oxidation sites excluding steroid dienone is 1. The van der Waals surface area contributed by atoms with E-state index in [2.05, 4.69) is 0 Å². The molecule has 0 rings (SSSR count). The Kier molecular flexibility index (Phi) is 3.58. The highest BCUT2D eigenvalue weighted by molar-refractivity contribution is 6.32. The predicted octanol–water partition coefficient (Wildman–Crippen LogP) is -3.00. The third kappa shape index (κ3) is 4.83. The lowest BCUT2D eigenvalue weighted by Crippen LogP contribution is -2.31. The molecule has 0 saturated carbocycles. The van der Waals surface area contributed by atoms with Gasteiger partial charge in [-0.25, -0.2) is 0 Å². The first-order valence-corrected chi connectivity index (χ1v) is 2.65. The smallest absolute Gasteiger partial charge is 0.182 e. The van der Waals surface area contributed by atoms with Crippen molar-refractivity contribution >= 4 is 17.7 Å². The Morgan fingerprint density at radius 1 is 1.18 bits per heavy atom. The van der Waals surface area contributed by atoms with E-state index < -0.39 is 24.1 Å². The van der Waals surface area contributed by atoms with Crippen LogP contribution in [-0.4, -0.2) is 17.7 Å². The fraction of sp³-hybridized carbons (Fsp3) is 0.167. The van der Waals surface area contributed by atoms with Crippen LogP contribution in [0.25, 0.3) is 0 Å². The summed E-state index contributed by atoms with van der Waals surface area (Å²) in [5.41, 5.74) is 0. The fourth-order valence-electron chi connectivity index (χ4n) is 0.346. The van der Waals surface area contributed by atoms with Gasteiger partial charge in [-0.05, 0) is 6.08 Å². The maximum absolute atomic E-state index is 10.2. The van der Waals surface area contributed by atoms with Crippen LogP contribution in [0.5, 0.6) is 0 Å². The number of hydrogen-bond donors (Lipinski definition) is 0. The molecule has 0 aromatic carbocycles. The van der Waals surface area contributed by atoms with Crippen molar-refractivity contribution in [3.05, 3.63) is 12.2 Å². The van der Waals surface area contributed by atoms with Gasteiger partial charge in [-0.3, -0.25) is 4.79 Å². The van der Waals surface area contributed by atoms with E-state index >= 15 is 0 Å². The molecule has 0 aliphatic carbocycles. The van der Waals surface area contributed by atoms with Crippen LogP contribution in [0.2, 0.25) is 0 Å². The number of rotatable bonds is 4. The number of carbonyl (C=O) groups excluding carboxylic acids is 3. The second kappa shape index (κ2) is 4.21. The monoisotopic (exact) mass is 156 g/mol. The minimum atomic E-state index is -1.83. The molecule has 0 aromatic rings. The Morgan fingerprint density at radius 3 is 2.09 bits per heavy atom. The SMILES string of the molecule is O=C([O-])/C=C\CC(=O)C(=O)[O-]. The molecule has 0 amide bonds. The highest BCUT2D eigenvalue weighted by Crippen LogP contribution is 1.83. The first-order chi connectivity index (χ1) is 5.04. The summed E-state index contributed by atoms with van der Waals surface area (Å²) in [4.78, 5) is 29.6. The van der Waals surface area contributed by atoms with Gasteiger partial charge in [0, 0.05) is 6.42 Å². The molecular weight excluding hydrogens is 152 g/mol. The van der Waals surface area contributed by atoms with Crippen LogP contribution in [0.1, 0.15) is 6.42 Å². The third-order valence-corrected chi connectivity index (χ3v) is 0.785. The van der Waals surface area contributed by atoms with Crippen LogP contribution >= 0.6 is 0 Å². The van der Waals surface area contributed by atoms with E-state index in [9.17, 15) is 24.6 Å². The summed E-state index contributed by atoms with van der Waals surface area (Å²) < 4.78 is 0. The summed E-state index contributed by atoms with van der Waals surface area (Å²) in [5, 5.41) is 19.4. The van der Waals surface area contributed by atoms with Crippen molar-refractivity contribution in [2.24, 2.45) is 0 Å². The number of Topliss-reactive ketones (excluding diaryl/α,β-unsaturated/α-hetero) is 1. The van der Waals surface area contributed by atoms with Crippen molar-refractivity contribution in [1.29, 1.82) is 0 Å². The zero-order valence-corrected chi connectivity index (χ0v) is 5.40. The molecule has 60 valence electrons. The number of aliphatic carboxylic acids is 2. The molecule has 0 saturated heterocycles. The van der Waals surface area contributed by atoms with Crippen LogP contribution < -0.4 is 10.2 Å². The van der Waals surface area contributed by atoms with Gasteiger partial charge < -0.3 is 19.8 Å². The van der Waals surface area contributed by atoms with Crippen LogP contribution in [-0.2, 0) is 14.4 Å². The maximum atomic E-state index is 10.2. The molecule has 0 N–H and O–H groups in total. The minimum Gasteiger partial charge on any atom is -0.545 e. The molecule has 11 heavy (non-hydrogen) atoms. The Hall–Kier alpha value is -1.65. The van der Waals surface area contributed by atoms with Gasteiger partial charge in [-0.15, -0.1) is 0 Å². The van der Waals surface area contributed by atoms with E-state index in [1.165, 1.54) is 0 Å². The van der Waals surface area contributed by atoms with E-state index in [4.69, 9.17) is 0 Å². The topological polar surface area (TPSA) is 97.3 Å². The molecule has 0 fully saturated rings. The van der Waals surface area contributed by atoms with Crippen molar-refractivity contribution in [1.82, 2.24) is 0 Å². The number of carbonyl (C=O) groups is 3. The number of carboxylic acids is 2.